The third-order valence-corrected chi connectivity index (χ3v) is 6.90. The number of carbonyl (C=O) groups is 2. The molecular formula is C25H29N5O2S. The van der Waals surface area contributed by atoms with Gasteiger partial charge in [-0.15, -0.1) is 11.8 Å². The van der Waals surface area contributed by atoms with E-state index in [0.29, 0.717) is 29.6 Å². The fourth-order valence-corrected chi connectivity index (χ4v) is 4.94. The zero-order valence-corrected chi connectivity index (χ0v) is 19.4. The number of aromatic nitrogens is 3. The van der Waals surface area contributed by atoms with E-state index in [0.717, 1.165) is 17.0 Å². The third kappa shape index (κ3) is 6.44. The number of nitrogens with one attached hydrogen (secondary N) is 2. The van der Waals surface area contributed by atoms with Crippen LogP contribution in [0.5, 0.6) is 0 Å². The molecule has 2 heterocycles. The summed E-state index contributed by atoms with van der Waals surface area (Å²) in [5.74, 6) is 1.41. The summed E-state index contributed by atoms with van der Waals surface area (Å²) in [5, 5.41) is 10.3. The first-order chi connectivity index (χ1) is 16.2. The second-order valence-corrected chi connectivity index (χ2v) is 9.23. The highest BCUT2D eigenvalue weighted by molar-refractivity contribution is 8.00. The maximum absolute atomic E-state index is 12.9. The van der Waals surface area contributed by atoms with Gasteiger partial charge < -0.3 is 10.6 Å². The lowest BCUT2D eigenvalue weighted by atomic mass is 9.89. The normalized spacial score (nSPS) is 14.1. The Morgan fingerprint density at radius 1 is 1.00 bits per heavy atom. The van der Waals surface area contributed by atoms with Crippen LogP contribution in [-0.2, 0) is 11.3 Å². The number of rotatable bonds is 9. The maximum Gasteiger partial charge on any atom is 0.252 e. The fraction of sp³-hybridized carbons (Fsp3) is 0.360. The summed E-state index contributed by atoms with van der Waals surface area (Å²) in [4.78, 5) is 30.5. The number of benzene rings is 1. The minimum atomic E-state index is -0.184. The molecule has 1 saturated carbocycles. The Bertz CT molecular complexity index is 1060. The topological polar surface area (TPSA) is 88.9 Å². The molecule has 0 saturated heterocycles. The predicted octanol–water partition coefficient (Wildman–Crippen LogP) is 3.99. The van der Waals surface area contributed by atoms with Crippen LogP contribution in [-0.4, -0.2) is 38.9 Å². The van der Waals surface area contributed by atoms with Crippen LogP contribution in [0.4, 0.5) is 0 Å². The van der Waals surface area contributed by atoms with Crippen LogP contribution in [0.25, 0.3) is 5.82 Å². The minimum absolute atomic E-state index is 0.0139. The number of carbonyl (C=O) groups excluding carboxylic acids is 2. The monoisotopic (exact) mass is 463 g/mol. The van der Waals surface area contributed by atoms with E-state index < -0.39 is 0 Å². The minimum Gasteiger partial charge on any atom is -0.355 e. The molecule has 1 aliphatic rings. The highest BCUT2D eigenvalue weighted by atomic mass is 32.2. The molecule has 33 heavy (non-hydrogen) atoms. The molecule has 2 N–H and O–H groups in total. The van der Waals surface area contributed by atoms with Crippen LogP contribution in [0, 0.1) is 5.92 Å². The van der Waals surface area contributed by atoms with E-state index in [4.69, 9.17) is 0 Å². The highest BCUT2D eigenvalue weighted by Gasteiger charge is 2.16. The Kier molecular flexibility index (Phi) is 8.14. The number of amides is 2. The molecule has 1 aromatic carbocycles. The molecule has 0 atom stereocenters. The van der Waals surface area contributed by atoms with E-state index in [9.17, 15) is 9.59 Å². The third-order valence-electron chi connectivity index (χ3n) is 5.83. The first-order valence-electron chi connectivity index (χ1n) is 11.4. The van der Waals surface area contributed by atoms with Gasteiger partial charge in [-0.1, -0.05) is 37.5 Å². The second kappa shape index (κ2) is 11.7. The van der Waals surface area contributed by atoms with Crippen LogP contribution >= 0.6 is 11.8 Å². The fourth-order valence-electron chi connectivity index (χ4n) is 4.06. The second-order valence-electron chi connectivity index (χ2n) is 8.21. The van der Waals surface area contributed by atoms with Gasteiger partial charge in [0.2, 0.25) is 5.91 Å². The molecule has 0 radical (unpaired) electrons. The van der Waals surface area contributed by atoms with Gasteiger partial charge in [-0.25, -0.2) is 9.67 Å². The first kappa shape index (κ1) is 23.0. The van der Waals surface area contributed by atoms with Gasteiger partial charge in [-0.2, -0.15) is 5.10 Å². The first-order valence-corrected chi connectivity index (χ1v) is 12.4. The van der Waals surface area contributed by atoms with Crippen molar-refractivity contribution in [3.05, 3.63) is 72.2 Å². The summed E-state index contributed by atoms with van der Waals surface area (Å²) in [6, 6.07) is 13.0. The van der Waals surface area contributed by atoms with Crippen molar-refractivity contribution in [3.63, 3.8) is 0 Å². The molecule has 1 aliphatic carbocycles. The van der Waals surface area contributed by atoms with Crippen LogP contribution in [0.3, 0.4) is 0 Å². The molecule has 0 bridgehead atoms. The van der Waals surface area contributed by atoms with Crippen molar-refractivity contribution in [1.82, 2.24) is 25.4 Å². The smallest absolute Gasteiger partial charge is 0.252 e. The molecule has 8 heteroatoms. The van der Waals surface area contributed by atoms with E-state index in [1.54, 1.807) is 23.1 Å². The zero-order chi connectivity index (χ0) is 22.9. The van der Waals surface area contributed by atoms with Crippen molar-refractivity contribution >= 4 is 23.6 Å². The summed E-state index contributed by atoms with van der Waals surface area (Å²) in [5.41, 5.74) is 1.42. The number of nitrogens with zero attached hydrogens (tertiary/aromatic N) is 3. The predicted molar refractivity (Wildman–Crippen MR) is 129 cm³/mol. The number of hydrogen-bond donors (Lipinski definition) is 2. The largest absolute Gasteiger partial charge is 0.355 e. The zero-order valence-electron chi connectivity index (χ0n) is 18.6. The lowest BCUT2D eigenvalue weighted by molar-refractivity contribution is -0.118. The van der Waals surface area contributed by atoms with Gasteiger partial charge >= 0.3 is 0 Å². The quantitative estimate of drug-likeness (QED) is 0.469. The number of thioether (sulfide) groups is 1. The van der Waals surface area contributed by atoms with Crippen LogP contribution in [0.15, 0.2) is 66.0 Å². The Morgan fingerprint density at radius 2 is 1.85 bits per heavy atom. The van der Waals surface area contributed by atoms with Crippen molar-refractivity contribution in [2.45, 2.75) is 43.5 Å². The SMILES string of the molecule is O=C(CSc1ccccc1C(=O)NCc1cccnc1-n1cccn1)NCC1CCCCC1. The molecular weight excluding hydrogens is 434 g/mol. The van der Waals surface area contributed by atoms with E-state index in [1.165, 1.54) is 43.9 Å². The van der Waals surface area contributed by atoms with Gasteiger partial charge in [0.15, 0.2) is 5.82 Å². The van der Waals surface area contributed by atoms with Crippen molar-refractivity contribution in [1.29, 1.82) is 0 Å². The molecule has 172 valence electrons. The standard InChI is InChI=1S/C25H29N5O2S/c31-23(27-16-19-8-2-1-3-9-19)18-33-22-12-5-4-11-21(22)25(32)28-17-20-10-6-13-26-24(20)30-15-7-14-29-30/h4-7,10-15,19H,1-3,8-9,16-18H2,(H,27,31)(H,28,32). The molecule has 0 unspecified atom stereocenters. The summed E-state index contributed by atoms with van der Waals surface area (Å²) in [6.45, 7) is 1.08. The van der Waals surface area contributed by atoms with Crippen LogP contribution in [0.1, 0.15) is 48.0 Å². The number of hydrogen-bond acceptors (Lipinski definition) is 5. The molecule has 0 spiro atoms. The Morgan fingerprint density at radius 3 is 2.67 bits per heavy atom. The van der Waals surface area contributed by atoms with E-state index in [1.807, 2.05) is 42.6 Å². The summed E-state index contributed by atoms with van der Waals surface area (Å²) in [7, 11) is 0. The summed E-state index contributed by atoms with van der Waals surface area (Å²) < 4.78 is 1.68. The summed E-state index contributed by atoms with van der Waals surface area (Å²) in [6.07, 6.45) is 11.5. The van der Waals surface area contributed by atoms with E-state index in [2.05, 4.69) is 20.7 Å². The Balaban J connectivity index is 1.32. The average Bonchev–Trinajstić information content (AvgIpc) is 3.41. The van der Waals surface area contributed by atoms with Gasteiger partial charge in [-0.05, 0) is 43.0 Å². The van der Waals surface area contributed by atoms with E-state index >= 15 is 0 Å². The van der Waals surface area contributed by atoms with Crippen LogP contribution in [0.2, 0.25) is 0 Å². The molecule has 1 fully saturated rings. The molecule has 2 amide bonds. The molecule has 3 aromatic rings. The molecule has 0 aliphatic heterocycles. The maximum atomic E-state index is 12.9. The van der Waals surface area contributed by atoms with E-state index in [-0.39, 0.29) is 11.8 Å². The van der Waals surface area contributed by atoms with Gasteiger partial charge in [0.25, 0.3) is 5.91 Å². The Labute approximate surface area is 198 Å². The molecule has 2 aromatic heterocycles. The molecule has 4 rings (SSSR count). The molecule has 7 nitrogen and oxygen atoms in total. The van der Waals surface area contributed by atoms with Gasteiger partial charge in [0.1, 0.15) is 0 Å². The average molecular weight is 464 g/mol. The number of pyridine rings is 1. The van der Waals surface area contributed by atoms with Gasteiger partial charge in [-0.3, -0.25) is 9.59 Å². The van der Waals surface area contributed by atoms with Crippen LogP contribution < -0.4 is 10.6 Å². The van der Waals surface area contributed by atoms with Crippen molar-refractivity contribution < 1.29 is 9.59 Å². The summed E-state index contributed by atoms with van der Waals surface area (Å²) >= 11 is 1.39. The lowest BCUT2D eigenvalue weighted by Gasteiger charge is -2.21. The van der Waals surface area contributed by atoms with Crippen molar-refractivity contribution in [3.8, 4) is 5.82 Å². The Hall–Kier alpha value is -3.13. The van der Waals surface area contributed by atoms with Crippen molar-refractivity contribution in [2.75, 3.05) is 12.3 Å². The lowest BCUT2D eigenvalue weighted by Crippen LogP contribution is -2.31. The van der Waals surface area contributed by atoms with Crippen molar-refractivity contribution in [2.24, 2.45) is 5.92 Å². The highest BCUT2D eigenvalue weighted by Crippen LogP contribution is 2.24. The van der Waals surface area contributed by atoms with Gasteiger partial charge in [0.05, 0.1) is 11.3 Å². The van der Waals surface area contributed by atoms with Gasteiger partial charge in [0, 0.05) is 42.1 Å².